The highest BCUT2D eigenvalue weighted by Crippen LogP contribution is 2.40. The van der Waals surface area contributed by atoms with Crippen molar-refractivity contribution < 1.29 is 28.9 Å². The van der Waals surface area contributed by atoms with Crippen LogP contribution in [0.5, 0.6) is 11.5 Å². The van der Waals surface area contributed by atoms with Crippen LogP contribution in [0.1, 0.15) is 30.5 Å². The fourth-order valence-electron chi connectivity index (χ4n) is 3.55. The molecule has 164 valence electrons. The van der Waals surface area contributed by atoms with E-state index in [0.717, 1.165) is 6.42 Å². The Labute approximate surface area is 181 Å². The number of nitrogens with zero attached hydrogens (tertiary/aromatic N) is 1. The summed E-state index contributed by atoms with van der Waals surface area (Å²) >= 11 is 0. The first-order chi connectivity index (χ1) is 15.0. The van der Waals surface area contributed by atoms with E-state index in [2.05, 4.69) is 0 Å². The predicted octanol–water partition coefficient (Wildman–Crippen LogP) is 3.55. The molecule has 1 heterocycles. The second kappa shape index (κ2) is 10.1. The zero-order chi connectivity index (χ0) is 22.4. The molecule has 1 fully saturated rings. The molecule has 0 aliphatic carbocycles. The van der Waals surface area contributed by atoms with Gasteiger partial charge in [0.15, 0.2) is 0 Å². The Balaban J connectivity index is 2.10. The lowest BCUT2D eigenvalue weighted by Crippen LogP contribution is -2.32. The van der Waals surface area contributed by atoms with Gasteiger partial charge in [0.05, 0.1) is 31.9 Å². The number of ketones is 1. The van der Waals surface area contributed by atoms with Crippen LogP contribution in [0.15, 0.2) is 54.1 Å². The summed E-state index contributed by atoms with van der Waals surface area (Å²) in [5, 5.41) is 11.0. The predicted molar refractivity (Wildman–Crippen MR) is 116 cm³/mol. The molecular formula is C24H27NO6. The minimum atomic E-state index is -0.748. The standard InChI is InChI=1S/C24H27NO6/c1-4-13-31-19-7-5-6-17(15-19)21-20(23(27)24(28)25(21)12-14-29-2)22(26)16-8-10-18(30-3)11-9-16/h5-11,15,21,26H,4,12-14H2,1-3H3. The maximum Gasteiger partial charge on any atom is 0.295 e. The summed E-state index contributed by atoms with van der Waals surface area (Å²) in [7, 11) is 3.08. The van der Waals surface area contributed by atoms with Crippen molar-refractivity contribution in [2.75, 3.05) is 34.0 Å². The van der Waals surface area contributed by atoms with Crippen LogP contribution < -0.4 is 9.47 Å². The number of ether oxygens (including phenoxy) is 3. The molecular weight excluding hydrogens is 398 g/mol. The third-order valence-electron chi connectivity index (χ3n) is 5.09. The van der Waals surface area contributed by atoms with Gasteiger partial charge in [0.2, 0.25) is 0 Å². The van der Waals surface area contributed by atoms with Crippen LogP contribution in [0.2, 0.25) is 0 Å². The first-order valence-electron chi connectivity index (χ1n) is 10.2. The minimum absolute atomic E-state index is 0.0407. The maximum absolute atomic E-state index is 13.0. The fourth-order valence-corrected chi connectivity index (χ4v) is 3.55. The summed E-state index contributed by atoms with van der Waals surface area (Å²) in [4.78, 5) is 27.2. The number of benzene rings is 2. The number of rotatable bonds is 9. The molecule has 2 aromatic carbocycles. The number of carbonyl (C=O) groups excluding carboxylic acids is 2. The molecule has 1 unspecified atom stereocenters. The molecule has 7 nitrogen and oxygen atoms in total. The number of hydrogen-bond acceptors (Lipinski definition) is 6. The zero-order valence-corrected chi connectivity index (χ0v) is 18.0. The Hall–Kier alpha value is -3.32. The van der Waals surface area contributed by atoms with Gasteiger partial charge in [-0.15, -0.1) is 0 Å². The van der Waals surface area contributed by atoms with Gasteiger partial charge in [0.1, 0.15) is 17.3 Å². The molecule has 3 rings (SSSR count). The lowest BCUT2D eigenvalue weighted by Gasteiger charge is -2.25. The monoisotopic (exact) mass is 425 g/mol. The highest BCUT2D eigenvalue weighted by Gasteiger charge is 2.46. The number of amides is 1. The lowest BCUT2D eigenvalue weighted by molar-refractivity contribution is -0.140. The largest absolute Gasteiger partial charge is 0.507 e. The van der Waals surface area contributed by atoms with E-state index in [0.29, 0.717) is 29.2 Å². The molecule has 7 heteroatoms. The van der Waals surface area contributed by atoms with Crippen molar-refractivity contribution in [3.05, 3.63) is 65.2 Å². The summed E-state index contributed by atoms with van der Waals surface area (Å²) < 4.78 is 16.0. The number of likely N-dealkylation sites (tertiary alicyclic amines) is 1. The number of hydrogen-bond donors (Lipinski definition) is 1. The van der Waals surface area contributed by atoms with Crippen LogP contribution >= 0.6 is 0 Å². The number of Topliss-reactive ketones (excluding diaryl/α,β-unsaturated/α-hetero) is 1. The van der Waals surface area contributed by atoms with Crippen LogP contribution in [0.25, 0.3) is 5.76 Å². The smallest absolute Gasteiger partial charge is 0.295 e. The number of aliphatic hydroxyl groups excluding tert-OH is 1. The first-order valence-corrected chi connectivity index (χ1v) is 10.2. The second-order valence-electron chi connectivity index (χ2n) is 7.13. The number of methoxy groups -OCH3 is 2. The van der Waals surface area contributed by atoms with Crippen molar-refractivity contribution in [3.8, 4) is 11.5 Å². The van der Waals surface area contributed by atoms with E-state index in [1.165, 1.54) is 12.0 Å². The average molecular weight is 425 g/mol. The van der Waals surface area contributed by atoms with Gasteiger partial charge in [-0.1, -0.05) is 19.1 Å². The Morgan fingerprint density at radius 2 is 1.77 bits per heavy atom. The summed E-state index contributed by atoms with van der Waals surface area (Å²) in [5.74, 6) is -0.368. The van der Waals surface area contributed by atoms with Gasteiger partial charge in [-0.25, -0.2) is 0 Å². The van der Waals surface area contributed by atoms with Crippen LogP contribution in [0.4, 0.5) is 0 Å². The van der Waals surface area contributed by atoms with Gasteiger partial charge in [-0.05, 0) is 48.4 Å². The topological polar surface area (TPSA) is 85.3 Å². The van der Waals surface area contributed by atoms with Crippen molar-refractivity contribution in [2.24, 2.45) is 0 Å². The van der Waals surface area contributed by atoms with Crippen molar-refractivity contribution in [2.45, 2.75) is 19.4 Å². The molecule has 31 heavy (non-hydrogen) atoms. The third-order valence-corrected chi connectivity index (χ3v) is 5.09. The Morgan fingerprint density at radius 3 is 2.42 bits per heavy atom. The van der Waals surface area contributed by atoms with Gasteiger partial charge >= 0.3 is 0 Å². The zero-order valence-electron chi connectivity index (χ0n) is 18.0. The Morgan fingerprint density at radius 1 is 1.03 bits per heavy atom. The summed E-state index contributed by atoms with van der Waals surface area (Å²) in [5.41, 5.74) is 1.15. The first kappa shape index (κ1) is 22.4. The SMILES string of the molecule is CCCOc1cccc(C2C(=C(O)c3ccc(OC)cc3)C(=O)C(=O)N2CCOC)c1. The highest BCUT2D eigenvalue weighted by atomic mass is 16.5. The maximum atomic E-state index is 13.0. The molecule has 0 bridgehead atoms. The summed E-state index contributed by atoms with van der Waals surface area (Å²) in [6.45, 7) is 3.04. The Kier molecular flexibility index (Phi) is 7.31. The molecule has 0 spiro atoms. The van der Waals surface area contributed by atoms with E-state index in [-0.39, 0.29) is 24.5 Å². The van der Waals surface area contributed by atoms with E-state index in [9.17, 15) is 14.7 Å². The highest BCUT2D eigenvalue weighted by molar-refractivity contribution is 6.46. The molecule has 1 saturated heterocycles. The summed E-state index contributed by atoms with van der Waals surface area (Å²) in [6.07, 6.45) is 0.855. The molecule has 1 aliphatic rings. The van der Waals surface area contributed by atoms with Crippen molar-refractivity contribution in [1.29, 1.82) is 0 Å². The van der Waals surface area contributed by atoms with E-state index in [1.54, 1.807) is 37.4 Å². The molecule has 1 amide bonds. The molecule has 0 saturated carbocycles. The van der Waals surface area contributed by atoms with Gasteiger partial charge in [0.25, 0.3) is 11.7 Å². The van der Waals surface area contributed by atoms with E-state index in [4.69, 9.17) is 14.2 Å². The Bertz CT molecular complexity index is 966. The molecule has 1 aliphatic heterocycles. The van der Waals surface area contributed by atoms with Gasteiger partial charge in [-0.2, -0.15) is 0 Å². The molecule has 1 atom stereocenters. The quantitative estimate of drug-likeness (QED) is 0.376. The van der Waals surface area contributed by atoms with Crippen LogP contribution in [-0.4, -0.2) is 55.7 Å². The summed E-state index contributed by atoms with van der Waals surface area (Å²) in [6, 6.07) is 13.2. The van der Waals surface area contributed by atoms with Crippen LogP contribution in [0, 0.1) is 0 Å². The van der Waals surface area contributed by atoms with E-state index >= 15 is 0 Å². The fraction of sp³-hybridized carbons (Fsp3) is 0.333. The molecule has 0 aromatic heterocycles. The normalized spacial score (nSPS) is 17.8. The van der Waals surface area contributed by atoms with Gasteiger partial charge in [0, 0.05) is 19.2 Å². The average Bonchev–Trinajstić information content (AvgIpc) is 3.06. The number of aliphatic hydroxyl groups is 1. The molecule has 1 N–H and O–H groups in total. The lowest BCUT2D eigenvalue weighted by atomic mass is 9.95. The van der Waals surface area contributed by atoms with Gasteiger partial charge < -0.3 is 24.2 Å². The van der Waals surface area contributed by atoms with Crippen LogP contribution in [-0.2, 0) is 14.3 Å². The van der Waals surface area contributed by atoms with E-state index < -0.39 is 17.7 Å². The molecule has 2 aromatic rings. The minimum Gasteiger partial charge on any atom is -0.507 e. The van der Waals surface area contributed by atoms with Crippen LogP contribution in [0.3, 0.4) is 0 Å². The van der Waals surface area contributed by atoms with Crippen molar-refractivity contribution in [1.82, 2.24) is 4.90 Å². The third kappa shape index (κ3) is 4.72. The van der Waals surface area contributed by atoms with Crippen molar-refractivity contribution >= 4 is 17.4 Å². The van der Waals surface area contributed by atoms with Gasteiger partial charge in [-0.3, -0.25) is 9.59 Å². The van der Waals surface area contributed by atoms with E-state index in [1.807, 2.05) is 25.1 Å². The van der Waals surface area contributed by atoms with Crippen molar-refractivity contribution in [3.63, 3.8) is 0 Å². The second-order valence-corrected chi connectivity index (χ2v) is 7.13. The molecule has 0 radical (unpaired) electrons. The number of carbonyl (C=O) groups is 2.